The van der Waals surface area contributed by atoms with Gasteiger partial charge in [0.1, 0.15) is 0 Å². The number of rotatable bonds is 5. The second kappa shape index (κ2) is 7.78. The van der Waals surface area contributed by atoms with Crippen LogP contribution in [0.4, 0.5) is 5.69 Å². The maximum atomic E-state index is 12.7. The van der Waals surface area contributed by atoms with Crippen molar-refractivity contribution in [2.24, 2.45) is 0 Å². The summed E-state index contributed by atoms with van der Waals surface area (Å²) in [6, 6.07) is 17.4. The number of fused-ring (bicyclic) bond motifs is 1. The third-order valence-corrected chi connectivity index (χ3v) is 5.91. The third-order valence-electron chi connectivity index (χ3n) is 4.60. The quantitative estimate of drug-likeness (QED) is 0.415. The van der Waals surface area contributed by atoms with Crippen LogP contribution >= 0.6 is 22.9 Å². The number of anilines is 1. The predicted octanol–water partition coefficient (Wildman–Crippen LogP) is 6.39. The molecule has 4 rings (SSSR count). The molecular formula is C22H20ClN3OS. The van der Waals surface area contributed by atoms with E-state index in [0.29, 0.717) is 9.90 Å². The zero-order chi connectivity index (χ0) is 19.7. The van der Waals surface area contributed by atoms with Crippen molar-refractivity contribution >= 4 is 45.6 Å². The fourth-order valence-corrected chi connectivity index (χ4v) is 4.28. The van der Waals surface area contributed by atoms with Gasteiger partial charge in [-0.1, -0.05) is 36.7 Å². The van der Waals surface area contributed by atoms with Crippen molar-refractivity contribution in [1.29, 1.82) is 0 Å². The average Bonchev–Trinajstić information content (AvgIpc) is 3.30. The number of imidazole rings is 1. The monoisotopic (exact) mass is 409 g/mol. The lowest BCUT2D eigenvalue weighted by Crippen LogP contribution is -2.11. The van der Waals surface area contributed by atoms with E-state index in [0.717, 1.165) is 46.0 Å². The fourth-order valence-electron chi connectivity index (χ4n) is 3.21. The predicted molar refractivity (Wildman–Crippen MR) is 117 cm³/mol. The highest BCUT2D eigenvalue weighted by atomic mass is 35.5. The SMILES string of the molecule is CCCn1c(-c2ccc(C(=O)Nc3cc(Cl)ccc3C)s2)nc2ccccc21. The highest BCUT2D eigenvalue weighted by Gasteiger charge is 2.17. The Labute approximate surface area is 172 Å². The standard InChI is InChI=1S/C22H20ClN3OS/c1-3-12-26-18-7-5-4-6-16(18)24-21(26)19-10-11-20(28-19)22(27)25-17-13-15(23)9-8-14(17)2/h4-11,13H,3,12H2,1-2H3,(H,25,27). The van der Waals surface area contributed by atoms with Crippen LogP contribution in [0.2, 0.25) is 5.02 Å². The number of para-hydroxylation sites is 2. The van der Waals surface area contributed by atoms with Crippen LogP contribution in [0.5, 0.6) is 0 Å². The number of aryl methyl sites for hydroxylation is 2. The summed E-state index contributed by atoms with van der Waals surface area (Å²) in [7, 11) is 0. The number of benzene rings is 2. The van der Waals surface area contributed by atoms with Gasteiger partial charge in [-0.2, -0.15) is 0 Å². The highest BCUT2D eigenvalue weighted by Crippen LogP contribution is 2.31. The van der Waals surface area contributed by atoms with Crippen molar-refractivity contribution in [3.63, 3.8) is 0 Å². The molecule has 0 spiro atoms. The number of hydrogen-bond acceptors (Lipinski definition) is 3. The molecule has 0 radical (unpaired) electrons. The summed E-state index contributed by atoms with van der Waals surface area (Å²) in [4.78, 5) is 19.2. The molecule has 2 heterocycles. The van der Waals surface area contributed by atoms with Gasteiger partial charge in [0.15, 0.2) is 5.82 Å². The number of carbonyl (C=O) groups excluding carboxylic acids is 1. The first-order valence-corrected chi connectivity index (χ1v) is 10.4. The minimum Gasteiger partial charge on any atom is -0.323 e. The second-order valence-corrected chi connectivity index (χ2v) is 8.17. The van der Waals surface area contributed by atoms with E-state index >= 15 is 0 Å². The highest BCUT2D eigenvalue weighted by molar-refractivity contribution is 7.17. The first-order valence-electron chi connectivity index (χ1n) is 9.20. The smallest absolute Gasteiger partial charge is 0.265 e. The van der Waals surface area contributed by atoms with Crippen molar-refractivity contribution in [2.45, 2.75) is 26.8 Å². The summed E-state index contributed by atoms with van der Waals surface area (Å²) in [5.41, 5.74) is 3.79. The lowest BCUT2D eigenvalue weighted by atomic mass is 10.2. The molecular weight excluding hydrogens is 390 g/mol. The Morgan fingerprint density at radius 2 is 2.00 bits per heavy atom. The molecule has 0 bridgehead atoms. The van der Waals surface area contributed by atoms with Gasteiger partial charge in [-0.15, -0.1) is 11.3 Å². The molecule has 1 amide bonds. The van der Waals surface area contributed by atoms with Crippen LogP contribution in [-0.4, -0.2) is 15.5 Å². The first-order chi connectivity index (χ1) is 13.6. The van der Waals surface area contributed by atoms with Gasteiger partial charge in [-0.25, -0.2) is 4.98 Å². The molecule has 4 aromatic rings. The van der Waals surface area contributed by atoms with Gasteiger partial charge >= 0.3 is 0 Å². The number of nitrogens with one attached hydrogen (secondary N) is 1. The van der Waals surface area contributed by atoms with Gasteiger partial charge in [-0.3, -0.25) is 4.79 Å². The van der Waals surface area contributed by atoms with E-state index in [2.05, 4.69) is 22.9 Å². The van der Waals surface area contributed by atoms with Crippen LogP contribution in [0, 0.1) is 6.92 Å². The van der Waals surface area contributed by atoms with E-state index in [-0.39, 0.29) is 5.91 Å². The van der Waals surface area contributed by atoms with Gasteiger partial charge < -0.3 is 9.88 Å². The number of aromatic nitrogens is 2. The van der Waals surface area contributed by atoms with Gasteiger partial charge in [0.25, 0.3) is 5.91 Å². The second-order valence-electron chi connectivity index (χ2n) is 6.65. The van der Waals surface area contributed by atoms with Crippen molar-refractivity contribution in [1.82, 2.24) is 9.55 Å². The number of thiophene rings is 1. The van der Waals surface area contributed by atoms with E-state index in [4.69, 9.17) is 16.6 Å². The van der Waals surface area contributed by atoms with E-state index < -0.39 is 0 Å². The van der Waals surface area contributed by atoms with Crippen molar-refractivity contribution in [3.8, 4) is 10.7 Å². The summed E-state index contributed by atoms with van der Waals surface area (Å²) in [5, 5.41) is 3.56. The average molecular weight is 410 g/mol. The molecule has 0 aliphatic heterocycles. The summed E-state index contributed by atoms with van der Waals surface area (Å²) in [6.45, 7) is 4.98. The van der Waals surface area contributed by atoms with Crippen molar-refractivity contribution in [2.75, 3.05) is 5.32 Å². The lowest BCUT2D eigenvalue weighted by Gasteiger charge is -2.08. The molecule has 0 aliphatic carbocycles. The minimum absolute atomic E-state index is 0.139. The number of amides is 1. The third kappa shape index (κ3) is 3.55. The summed E-state index contributed by atoms with van der Waals surface area (Å²) in [5.74, 6) is 0.769. The minimum atomic E-state index is -0.139. The van der Waals surface area contributed by atoms with Gasteiger partial charge in [-0.05, 0) is 55.3 Å². The lowest BCUT2D eigenvalue weighted by molar-refractivity contribution is 0.103. The molecule has 2 aromatic heterocycles. The number of hydrogen-bond donors (Lipinski definition) is 1. The molecule has 28 heavy (non-hydrogen) atoms. The normalized spacial score (nSPS) is 11.1. The van der Waals surface area contributed by atoms with Crippen LogP contribution in [0.1, 0.15) is 28.6 Å². The van der Waals surface area contributed by atoms with Gasteiger partial charge in [0.05, 0.1) is 20.8 Å². The summed E-state index contributed by atoms with van der Waals surface area (Å²) < 4.78 is 2.23. The summed E-state index contributed by atoms with van der Waals surface area (Å²) >= 11 is 7.51. The maximum absolute atomic E-state index is 12.7. The first kappa shape index (κ1) is 18.7. The zero-order valence-corrected chi connectivity index (χ0v) is 17.3. The van der Waals surface area contributed by atoms with E-state index in [9.17, 15) is 4.79 Å². The molecule has 4 nitrogen and oxygen atoms in total. The Hall–Kier alpha value is -2.63. The Bertz CT molecular complexity index is 1160. The molecule has 0 saturated carbocycles. The Balaban J connectivity index is 1.66. The molecule has 142 valence electrons. The summed E-state index contributed by atoms with van der Waals surface area (Å²) in [6.07, 6.45) is 1.01. The van der Waals surface area contributed by atoms with E-state index in [1.807, 2.05) is 49.4 Å². The zero-order valence-electron chi connectivity index (χ0n) is 15.7. The van der Waals surface area contributed by atoms with Crippen molar-refractivity contribution < 1.29 is 4.79 Å². The number of halogens is 1. The van der Waals surface area contributed by atoms with Crippen LogP contribution in [0.15, 0.2) is 54.6 Å². The van der Waals surface area contributed by atoms with Gasteiger partial charge in [0, 0.05) is 17.3 Å². The molecule has 0 atom stereocenters. The van der Waals surface area contributed by atoms with E-state index in [1.165, 1.54) is 11.3 Å². The Kier molecular flexibility index (Phi) is 5.20. The van der Waals surface area contributed by atoms with Crippen LogP contribution in [-0.2, 0) is 6.54 Å². The van der Waals surface area contributed by atoms with E-state index in [1.54, 1.807) is 6.07 Å². The molecule has 0 aliphatic rings. The maximum Gasteiger partial charge on any atom is 0.265 e. The molecule has 0 unspecified atom stereocenters. The van der Waals surface area contributed by atoms with Crippen LogP contribution in [0.25, 0.3) is 21.7 Å². The number of nitrogens with zero attached hydrogens (tertiary/aromatic N) is 2. The number of carbonyl (C=O) groups is 1. The molecule has 1 N–H and O–H groups in total. The fraction of sp³-hybridized carbons (Fsp3) is 0.182. The Morgan fingerprint density at radius 1 is 1.18 bits per heavy atom. The largest absolute Gasteiger partial charge is 0.323 e. The molecule has 6 heteroatoms. The van der Waals surface area contributed by atoms with Crippen molar-refractivity contribution in [3.05, 3.63) is 70.1 Å². The Morgan fingerprint density at radius 3 is 2.82 bits per heavy atom. The van der Waals surface area contributed by atoms with Gasteiger partial charge in [0.2, 0.25) is 0 Å². The molecule has 0 saturated heterocycles. The molecule has 0 fully saturated rings. The molecule has 2 aromatic carbocycles. The topological polar surface area (TPSA) is 46.9 Å². The van der Waals surface area contributed by atoms with Crippen LogP contribution < -0.4 is 5.32 Å². The van der Waals surface area contributed by atoms with Crippen LogP contribution in [0.3, 0.4) is 0 Å².